The monoisotopic (exact) mass is 198 g/mol. The van der Waals surface area contributed by atoms with Gasteiger partial charge in [0.2, 0.25) is 0 Å². The number of hydrogen-bond acceptors (Lipinski definition) is 5. The van der Waals surface area contributed by atoms with Gasteiger partial charge < -0.3 is 4.74 Å². The van der Waals surface area contributed by atoms with Crippen LogP contribution in [0.4, 0.5) is 0 Å². The van der Waals surface area contributed by atoms with Crippen LogP contribution in [0.1, 0.15) is 0 Å². The van der Waals surface area contributed by atoms with Crippen molar-refractivity contribution in [3.8, 4) is 0 Å². The first-order valence-electron chi connectivity index (χ1n) is 3.45. The molecule has 0 aliphatic heterocycles. The Morgan fingerprint density at radius 1 is 0.727 bits per heavy atom. The molecule has 0 spiro atoms. The summed E-state index contributed by atoms with van der Waals surface area (Å²) in [7, 11) is 0. The molecule has 0 N–H and O–H groups in total. The van der Waals surface area contributed by atoms with Crippen LogP contribution >= 0.6 is 25.3 Å². The van der Waals surface area contributed by atoms with Crippen molar-refractivity contribution >= 4 is 25.3 Å². The van der Waals surface area contributed by atoms with Gasteiger partial charge in [-0.15, -0.1) is 0 Å². The van der Waals surface area contributed by atoms with Gasteiger partial charge in [0.25, 0.3) is 0 Å². The zero-order chi connectivity index (χ0) is 8.36. The summed E-state index contributed by atoms with van der Waals surface area (Å²) in [5, 5.41) is 0. The van der Waals surface area contributed by atoms with Crippen molar-refractivity contribution in [2.24, 2.45) is 0 Å². The van der Waals surface area contributed by atoms with Crippen LogP contribution in [0, 0.1) is 0 Å². The van der Waals surface area contributed by atoms with Crippen LogP contribution in [0.3, 0.4) is 0 Å². The molecule has 11 heavy (non-hydrogen) atoms. The predicted molar refractivity (Wildman–Crippen MR) is 50.4 cm³/mol. The largest absolute Gasteiger partial charge is 0.378 e. The zero-order valence-corrected chi connectivity index (χ0v) is 8.15. The summed E-state index contributed by atoms with van der Waals surface area (Å²) in [6.07, 6.45) is 0. The van der Waals surface area contributed by atoms with Crippen LogP contribution in [0.5, 0.6) is 0 Å². The van der Waals surface area contributed by atoms with Crippen LogP contribution in [0.25, 0.3) is 0 Å². The van der Waals surface area contributed by atoms with E-state index in [0.717, 1.165) is 5.75 Å². The lowest BCUT2D eigenvalue weighted by Crippen LogP contribution is -2.07. The maximum atomic E-state index is 5.06. The van der Waals surface area contributed by atoms with E-state index in [1.54, 1.807) is 0 Å². The highest BCUT2D eigenvalue weighted by atomic mass is 32.1. The van der Waals surface area contributed by atoms with Gasteiger partial charge in [-0.3, -0.25) is 0 Å². The molecule has 0 aromatic rings. The maximum absolute atomic E-state index is 5.06. The first-order valence-corrected chi connectivity index (χ1v) is 4.72. The highest BCUT2D eigenvalue weighted by molar-refractivity contribution is 7.80. The summed E-state index contributed by atoms with van der Waals surface area (Å²) in [6, 6.07) is 0. The molecule has 0 heterocycles. The van der Waals surface area contributed by atoms with Gasteiger partial charge in [0.15, 0.2) is 0 Å². The van der Waals surface area contributed by atoms with Crippen molar-refractivity contribution in [3.05, 3.63) is 0 Å². The molecule has 0 aliphatic carbocycles. The van der Waals surface area contributed by atoms with Gasteiger partial charge in [-0.2, -0.15) is 25.3 Å². The average Bonchev–Trinajstić information content (AvgIpc) is 2.03. The molecule has 0 rings (SSSR count). The summed E-state index contributed by atoms with van der Waals surface area (Å²) < 4.78 is 5.06. The maximum Gasteiger partial charge on any atom is 0.106 e. The number of rotatable bonds is 8. The van der Waals surface area contributed by atoms with Crippen molar-refractivity contribution in [3.63, 3.8) is 0 Å². The molecule has 0 radical (unpaired) electrons. The fraction of sp³-hybridized carbons (Fsp3) is 1.00. The van der Waals surface area contributed by atoms with Crippen molar-refractivity contribution in [1.29, 1.82) is 0 Å². The molecule has 0 unspecified atom stereocenters. The van der Waals surface area contributed by atoms with E-state index in [2.05, 4.69) is 30.1 Å². The Hall–Kier alpha value is 0.580. The van der Waals surface area contributed by atoms with E-state index in [1.807, 2.05) is 0 Å². The topological polar surface area (TPSA) is 27.7 Å². The van der Waals surface area contributed by atoms with E-state index in [0.29, 0.717) is 32.2 Å². The number of thiol groups is 2. The minimum atomic E-state index is 0.460. The first-order chi connectivity index (χ1) is 5.41. The highest BCUT2D eigenvalue weighted by Crippen LogP contribution is 1.83. The Morgan fingerprint density at radius 3 is 2.00 bits per heavy atom. The van der Waals surface area contributed by atoms with E-state index < -0.39 is 0 Å². The van der Waals surface area contributed by atoms with Gasteiger partial charge in [0, 0.05) is 11.5 Å². The Bertz CT molecular complexity index is 64.8. The second-order valence-corrected chi connectivity index (χ2v) is 2.60. The fourth-order valence-electron chi connectivity index (χ4n) is 0.415. The minimum Gasteiger partial charge on any atom is -0.378 e. The van der Waals surface area contributed by atoms with Gasteiger partial charge in [-0.05, 0) is 0 Å². The van der Waals surface area contributed by atoms with Crippen molar-refractivity contribution in [2.45, 2.75) is 0 Å². The normalized spacial score (nSPS) is 10.4. The van der Waals surface area contributed by atoms with Crippen molar-refractivity contribution < 1.29 is 14.5 Å². The highest BCUT2D eigenvalue weighted by Gasteiger charge is 1.88. The second kappa shape index (κ2) is 10.6. The molecule has 3 nitrogen and oxygen atoms in total. The van der Waals surface area contributed by atoms with Crippen LogP contribution in [-0.2, 0) is 14.5 Å². The minimum absolute atomic E-state index is 0.460. The standard InChI is InChI=1S/C6H14O3S2/c10-5-3-7-1-2-8-9-4-6-11/h10-11H,1-6H2. The van der Waals surface area contributed by atoms with Crippen LogP contribution < -0.4 is 0 Å². The summed E-state index contributed by atoms with van der Waals surface area (Å²) in [6.45, 7) is 2.17. The summed E-state index contributed by atoms with van der Waals surface area (Å²) in [5.74, 6) is 1.40. The average molecular weight is 198 g/mol. The Morgan fingerprint density at radius 2 is 1.36 bits per heavy atom. The molecule has 0 fully saturated rings. The van der Waals surface area contributed by atoms with Gasteiger partial charge >= 0.3 is 0 Å². The van der Waals surface area contributed by atoms with E-state index >= 15 is 0 Å². The molecular weight excluding hydrogens is 184 g/mol. The molecule has 0 saturated heterocycles. The lowest BCUT2D eigenvalue weighted by Gasteiger charge is -2.02. The SMILES string of the molecule is SCCOCCOOCCS. The Kier molecular flexibility index (Phi) is 11.1. The van der Waals surface area contributed by atoms with Crippen LogP contribution in [0.15, 0.2) is 0 Å². The zero-order valence-electron chi connectivity index (χ0n) is 6.36. The van der Waals surface area contributed by atoms with E-state index in [4.69, 9.17) is 9.62 Å². The van der Waals surface area contributed by atoms with Gasteiger partial charge in [0.1, 0.15) is 6.61 Å². The van der Waals surface area contributed by atoms with Crippen molar-refractivity contribution in [1.82, 2.24) is 0 Å². The van der Waals surface area contributed by atoms with Crippen molar-refractivity contribution in [2.75, 3.05) is 37.9 Å². The molecule has 0 bridgehead atoms. The van der Waals surface area contributed by atoms with E-state index in [1.165, 1.54) is 0 Å². The van der Waals surface area contributed by atoms with Gasteiger partial charge in [0.05, 0.1) is 19.8 Å². The lowest BCUT2D eigenvalue weighted by molar-refractivity contribution is -0.294. The third kappa shape index (κ3) is 10.6. The van der Waals surface area contributed by atoms with Gasteiger partial charge in [-0.1, -0.05) is 0 Å². The molecule has 0 amide bonds. The first kappa shape index (κ1) is 11.6. The fourth-order valence-corrected chi connectivity index (χ4v) is 0.618. The summed E-state index contributed by atoms with van der Waals surface area (Å²) >= 11 is 7.90. The van der Waals surface area contributed by atoms with Crippen LogP contribution in [-0.4, -0.2) is 37.9 Å². The predicted octanol–water partition coefficient (Wildman–Crippen LogP) is 0.811. The molecule has 0 aromatic heterocycles. The lowest BCUT2D eigenvalue weighted by atomic mass is 10.7. The van der Waals surface area contributed by atoms with E-state index in [-0.39, 0.29) is 0 Å². The molecule has 5 heteroatoms. The molecular formula is C6H14O3S2. The van der Waals surface area contributed by atoms with Gasteiger partial charge in [-0.25, -0.2) is 9.78 Å². The smallest absolute Gasteiger partial charge is 0.106 e. The summed E-state index contributed by atoms with van der Waals surface area (Å²) in [4.78, 5) is 9.41. The second-order valence-electron chi connectivity index (χ2n) is 1.70. The number of ether oxygens (including phenoxy) is 1. The Labute approximate surface area is 78.1 Å². The molecule has 68 valence electrons. The molecule has 0 atom stereocenters. The van der Waals surface area contributed by atoms with Crippen LogP contribution in [0.2, 0.25) is 0 Å². The summed E-state index contributed by atoms with van der Waals surface area (Å²) in [5.41, 5.74) is 0. The number of hydrogen-bond donors (Lipinski definition) is 2. The Balaban J connectivity index is 2.69. The third-order valence-electron chi connectivity index (χ3n) is 0.805. The third-order valence-corrected chi connectivity index (χ3v) is 1.17. The molecule has 0 aromatic carbocycles. The quantitative estimate of drug-likeness (QED) is 0.262. The molecule has 0 aliphatic rings. The molecule has 0 saturated carbocycles. The van der Waals surface area contributed by atoms with E-state index in [9.17, 15) is 0 Å².